The van der Waals surface area contributed by atoms with Crippen LogP contribution < -0.4 is 5.32 Å². The summed E-state index contributed by atoms with van der Waals surface area (Å²) in [5, 5.41) is 4.94. The predicted molar refractivity (Wildman–Crippen MR) is 92.3 cm³/mol. The number of likely N-dealkylation sites (tertiary alicyclic amines) is 1. The summed E-state index contributed by atoms with van der Waals surface area (Å²) in [6, 6.07) is 6.64. The fourth-order valence-electron chi connectivity index (χ4n) is 3.12. The number of hydrogen-bond donors (Lipinski definition) is 1. The van der Waals surface area contributed by atoms with Crippen LogP contribution in [-0.2, 0) is 0 Å². The van der Waals surface area contributed by atoms with Crippen molar-refractivity contribution in [3.8, 4) is 0 Å². The van der Waals surface area contributed by atoms with Gasteiger partial charge in [-0.3, -0.25) is 4.90 Å². The lowest BCUT2D eigenvalue weighted by Crippen LogP contribution is -2.44. The number of hydrogen-bond acceptors (Lipinski definition) is 2. The van der Waals surface area contributed by atoms with Crippen molar-refractivity contribution in [2.24, 2.45) is 5.92 Å². The summed E-state index contributed by atoms with van der Waals surface area (Å²) < 4.78 is 0. The van der Waals surface area contributed by atoms with Crippen molar-refractivity contribution in [2.45, 2.75) is 45.7 Å². The zero-order valence-corrected chi connectivity index (χ0v) is 14.7. The van der Waals surface area contributed by atoms with Gasteiger partial charge in [-0.2, -0.15) is 0 Å². The highest BCUT2D eigenvalue weighted by molar-refractivity contribution is 6.42. The van der Waals surface area contributed by atoms with Crippen LogP contribution in [0.3, 0.4) is 0 Å². The minimum Gasteiger partial charge on any atom is -0.309 e. The normalized spacial score (nSPS) is 19.1. The molecule has 0 aliphatic carbocycles. The summed E-state index contributed by atoms with van der Waals surface area (Å²) >= 11 is 12.4. The van der Waals surface area contributed by atoms with Crippen LogP contribution in [0, 0.1) is 5.92 Å². The standard InChI is InChI=1S/C17H26Cl2N2/c1-12(2)16(21-9-4-5-10-21)11-20-13(3)14-7-6-8-15(18)17(14)19/h6-8,12-13,16,20H,4-5,9-11H2,1-3H3. The Balaban J connectivity index is 1.98. The summed E-state index contributed by atoms with van der Waals surface area (Å²) in [6.45, 7) is 10.2. The average Bonchev–Trinajstić information content (AvgIpc) is 2.95. The van der Waals surface area contributed by atoms with E-state index in [9.17, 15) is 0 Å². The van der Waals surface area contributed by atoms with E-state index in [0.717, 1.165) is 12.1 Å². The SMILES string of the molecule is CC(NCC(C(C)C)N1CCCC1)c1cccc(Cl)c1Cl. The summed E-state index contributed by atoms with van der Waals surface area (Å²) in [5.74, 6) is 0.651. The highest BCUT2D eigenvalue weighted by Crippen LogP contribution is 2.30. The van der Waals surface area contributed by atoms with Crippen molar-refractivity contribution in [2.75, 3.05) is 19.6 Å². The lowest BCUT2D eigenvalue weighted by atomic mass is 10.0. The minimum absolute atomic E-state index is 0.208. The molecule has 2 rings (SSSR count). The minimum atomic E-state index is 0.208. The molecule has 0 bridgehead atoms. The van der Waals surface area contributed by atoms with Crippen LogP contribution in [0.4, 0.5) is 0 Å². The molecule has 0 aromatic heterocycles. The van der Waals surface area contributed by atoms with Gasteiger partial charge >= 0.3 is 0 Å². The molecule has 21 heavy (non-hydrogen) atoms. The molecule has 2 unspecified atom stereocenters. The van der Waals surface area contributed by atoms with E-state index >= 15 is 0 Å². The molecular formula is C17H26Cl2N2. The second kappa shape index (κ2) is 7.82. The quantitative estimate of drug-likeness (QED) is 0.809. The summed E-state index contributed by atoms with van der Waals surface area (Å²) in [4.78, 5) is 2.62. The Morgan fingerprint density at radius 2 is 1.81 bits per heavy atom. The summed E-state index contributed by atoms with van der Waals surface area (Å²) in [6.07, 6.45) is 2.66. The van der Waals surface area contributed by atoms with E-state index in [1.807, 2.05) is 18.2 Å². The number of benzene rings is 1. The third-order valence-electron chi connectivity index (χ3n) is 4.46. The van der Waals surface area contributed by atoms with E-state index in [1.54, 1.807) is 0 Å². The van der Waals surface area contributed by atoms with Gasteiger partial charge in [-0.25, -0.2) is 0 Å². The van der Waals surface area contributed by atoms with Crippen LogP contribution in [-0.4, -0.2) is 30.6 Å². The Morgan fingerprint density at radius 1 is 1.14 bits per heavy atom. The van der Waals surface area contributed by atoms with Crippen molar-refractivity contribution < 1.29 is 0 Å². The lowest BCUT2D eigenvalue weighted by molar-refractivity contribution is 0.183. The molecule has 1 fully saturated rings. The molecule has 1 aromatic rings. The molecule has 1 aliphatic rings. The van der Waals surface area contributed by atoms with Crippen molar-refractivity contribution in [1.82, 2.24) is 10.2 Å². The van der Waals surface area contributed by atoms with Gasteiger partial charge in [-0.15, -0.1) is 0 Å². The molecule has 1 aromatic carbocycles. The first-order chi connectivity index (χ1) is 10.0. The van der Waals surface area contributed by atoms with Gasteiger partial charge < -0.3 is 5.32 Å². The van der Waals surface area contributed by atoms with Gasteiger partial charge in [0.25, 0.3) is 0 Å². The second-order valence-corrected chi connectivity index (χ2v) is 7.11. The van der Waals surface area contributed by atoms with E-state index in [-0.39, 0.29) is 6.04 Å². The van der Waals surface area contributed by atoms with Gasteiger partial charge in [0.05, 0.1) is 10.0 Å². The Labute approximate surface area is 138 Å². The van der Waals surface area contributed by atoms with Crippen LogP contribution in [0.2, 0.25) is 10.0 Å². The van der Waals surface area contributed by atoms with Crippen LogP contribution in [0.5, 0.6) is 0 Å². The van der Waals surface area contributed by atoms with Crippen LogP contribution in [0.15, 0.2) is 18.2 Å². The smallest absolute Gasteiger partial charge is 0.0639 e. The molecule has 0 saturated carbocycles. The molecule has 0 spiro atoms. The van der Waals surface area contributed by atoms with Gasteiger partial charge in [0, 0.05) is 18.6 Å². The second-order valence-electron chi connectivity index (χ2n) is 6.33. The lowest BCUT2D eigenvalue weighted by Gasteiger charge is -2.32. The van der Waals surface area contributed by atoms with Crippen molar-refractivity contribution >= 4 is 23.2 Å². The number of rotatable bonds is 6. The summed E-state index contributed by atoms with van der Waals surface area (Å²) in [5.41, 5.74) is 1.08. The highest BCUT2D eigenvalue weighted by atomic mass is 35.5. The van der Waals surface area contributed by atoms with Gasteiger partial charge in [0.15, 0.2) is 0 Å². The fourth-order valence-corrected chi connectivity index (χ4v) is 3.59. The molecule has 0 radical (unpaired) electrons. The van der Waals surface area contributed by atoms with E-state index < -0.39 is 0 Å². The maximum Gasteiger partial charge on any atom is 0.0639 e. The topological polar surface area (TPSA) is 15.3 Å². The third kappa shape index (κ3) is 4.35. The Kier molecular flexibility index (Phi) is 6.36. The molecule has 1 aliphatic heterocycles. The first-order valence-corrected chi connectivity index (χ1v) is 8.67. The molecule has 2 nitrogen and oxygen atoms in total. The maximum absolute atomic E-state index is 6.31. The molecule has 118 valence electrons. The van der Waals surface area contributed by atoms with Gasteiger partial charge in [0.2, 0.25) is 0 Å². The van der Waals surface area contributed by atoms with E-state index in [4.69, 9.17) is 23.2 Å². The molecular weight excluding hydrogens is 303 g/mol. The van der Waals surface area contributed by atoms with Gasteiger partial charge in [0.1, 0.15) is 0 Å². The Bertz CT molecular complexity index is 456. The highest BCUT2D eigenvalue weighted by Gasteiger charge is 2.25. The van der Waals surface area contributed by atoms with E-state index in [2.05, 4.69) is 31.0 Å². The predicted octanol–water partition coefficient (Wildman–Crippen LogP) is 4.76. The first-order valence-electron chi connectivity index (χ1n) is 7.92. The van der Waals surface area contributed by atoms with E-state index in [0.29, 0.717) is 22.0 Å². The Morgan fingerprint density at radius 3 is 2.43 bits per heavy atom. The van der Waals surface area contributed by atoms with Crippen molar-refractivity contribution in [1.29, 1.82) is 0 Å². The largest absolute Gasteiger partial charge is 0.309 e. The zero-order chi connectivity index (χ0) is 15.4. The number of halogens is 2. The van der Waals surface area contributed by atoms with Gasteiger partial charge in [-0.05, 0) is 50.4 Å². The van der Waals surface area contributed by atoms with Crippen molar-refractivity contribution in [3.63, 3.8) is 0 Å². The molecule has 4 heteroatoms. The maximum atomic E-state index is 6.31. The van der Waals surface area contributed by atoms with E-state index in [1.165, 1.54) is 25.9 Å². The zero-order valence-electron chi connectivity index (χ0n) is 13.2. The molecule has 1 saturated heterocycles. The average molecular weight is 329 g/mol. The summed E-state index contributed by atoms with van der Waals surface area (Å²) in [7, 11) is 0. The molecule has 1 heterocycles. The number of nitrogens with zero attached hydrogens (tertiary/aromatic N) is 1. The monoisotopic (exact) mass is 328 g/mol. The third-order valence-corrected chi connectivity index (χ3v) is 5.29. The van der Waals surface area contributed by atoms with Crippen molar-refractivity contribution in [3.05, 3.63) is 33.8 Å². The fraction of sp³-hybridized carbons (Fsp3) is 0.647. The Hall–Kier alpha value is -0.280. The van der Waals surface area contributed by atoms with Crippen LogP contribution in [0.25, 0.3) is 0 Å². The first kappa shape index (κ1) is 17.1. The van der Waals surface area contributed by atoms with Gasteiger partial charge in [-0.1, -0.05) is 49.2 Å². The molecule has 1 N–H and O–H groups in total. The molecule has 0 amide bonds. The van der Waals surface area contributed by atoms with Crippen LogP contribution in [0.1, 0.15) is 45.2 Å². The number of nitrogens with one attached hydrogen (secondary N) is 1. The molecule has 2 atom stereocenters. The van der Waals surface area contributed by atoms with Crippen LogP contribution >= 0.6 is 23.2 Å².